The maximum absolute atomic E-state index is 14.6. The fraction of sp³-hybridized carbons (Fsp3) is 0.263. The molecule has 0 fully saturated rings. The number of nitrogens with zero attached hydrogens (tertiary/aromatic N) is 1. The summed E-state index contributed by atoms with van der Waals surface area (Å²) >= 11 is 0. The predicted octanol–water partition coefficient (Wildman–Crippen LogP) is 2.28. The molecule has 0 aliphatic carbocycles. The zero-order valence-corrected chi connectivity index (χ0v) is 14.2. The molecule has 1 atom stereocenters. The van der Waals surface area contributed by atoms with Crippen molar-refractivity contribution >= 4 is 17.6 Å². The van der Waals surface area contributed by atoms with Crippen LogP contribution in [0.1, 0.15) is 22.3 Å². The largest absolute Gasteiger partial charge is 0.352 e. The lowest BCUT2D eigenvalue weighted by atomic mass is 9.90. The van der Waals surface area contributed by atoms with Gasteiger partial charge in [0.1, 0.15) is 11.9 Å². The van der Waals surface area contributed by atoms with Crippen molar-refractivity contribution in [2.75, 3.05) is 11.9 Å². The second-order valence-corrected chi connectivity index (χ2v) is 6.30. The number of fused-ring (bicyclic) bond motifs is 1. The van der Waals surface area contributed by atoms with Crippen molar-refractivity contribution in [3.8, 4) is 0 Å². The molecule has 2 aromatic rings. The van der Waals surface area contributed by atoms with Gasteiger partial charge in [-0.1, -0.05) is 30.3 Å². The van der Waals surface area contributed by atoms with Crippen LogP contribution in [0.25, 0.3) is 0 Å². The Balaban J connectivity index is 2.04. The SMILES string of the molecule is Cc1ccccc1Cc1c(F)ccc2c1N(C)C(=O)[C@H](NC(N)=O)C2. The molecule has 0 aromatic heterocycles. The predicted molar refractivity (Wildman–Crippen MR) is 94.0 cm³/mol. The van der Waals surface area contributed by atoms with Crippen LogP contribution in [0.15, 0.2) is 36.4 Å². The van der Waals surface area contributed by atoms with E-state index >= 15 is 0 Å². The molecule has 0 spiro atoms. The van der Waals surface area contributed by atoms with Gasteiger partial charge in [-0.05, 0) is 29.7 Å². The quantitative estimate of drug-likeness (QED) is 0.899. The number of hydrogen-bond acceptors (Lipinski definition) is 2. The number of rotatable bonds is 3. The number of likely N-dealkylation sites (N-methyl/N-ethyl adjacent to an activating group) is 1. The number of nitrogens with one attached hydrogen (secondary N) is 1. The molecule has 2 aromatic carbocycles. The molecular formula is C19H20FN3O2. The van der Waals surface area contributed by atoms with Crippen molar-refractivity contribution in [1.82, 2.24) is 5.32 Å². The number of amides is 3. The van der Waals surface area contributed by atoms with Gasteiger partial charge in [-0.25, -0.2) is 9.18 Å². The monoisotopic (exact) mass is 341 g/mol. The van der Waals surface area contributed by atoms with Gasteiger partial charge in [0.05, 0.1) is 5.69 Å². The Bertz CT molecular complexity index is 851. The van der Waals surface area contributed by atoms with Crippen molar-refractivity contribution < 1.29 is 14.0 Å². The van der Waals surface area contributed by atoms with Crippen LogP contribution in [0, 0.1) is 12.7 Å². The number of primary amides is 1. The third-order valence-electron chi connectivity index (χ3n) is 4.64. The van der Waals surface area contributed by atoms with E-state index in [2.05, 4.69) is 5.32 Å². The molecule has 3 amide bonds. The van der Waals surface area contributed by atoms with Crippen LogP contribution in [0.5, 0.6) is 0 Å². The molecule has 25 heavy (non-hydrogen) atoms. The number of carbonyl (C=O) groups is 2. The zero-order chi connectivity index (χ0) is 18.1. The first-order valence-corrected chi connectivity index (χ1v) is 8.06. The first-order valence-electron chi connectivity index (χ1n) is 8.06. The number of nitrogens with two attached hydrogens (primary N) is 1. The Morgan fingerprint density at radius 2 is 2.04 bits per heavy atom. The Morgan fingerprint density at radius 3 is 2.72 bits per heavy atom. The summed E-state index contributed by atoms with van der Waals surface area (Å²) in [5, 5.41) is 2.45. The van der Waals surface area contributed by atoms with E-state index < -0.39 is 12.1 Å². The Hall–Kier alpha value is -2.89. The van der Waals surface area contributed by atoms with Crippen LogP contribution in [-0.4, -0.2) is 25.0 Å². The highest BCUT2D eigenvalue weighted by molar-refractivity contribution is 6.02. The van der Waals surface area contributed by atoms with Crippen LogP contribution in [0.4, 0.5) is 14.9 Å². The molecule has 0 bridgehead atoms. The molecule has 0 radical (unpaired) electrons. The van der Waals surface area contributed by atoms with E-state index in [-0.39, 0.29) is 11.7 Å². The van der Waals surface area contributed by atoms with Gasteiger partial charge in [-0.15, -0.1) is 0 Å². The van der Waals surface area contributed by atoms with Crippen molar-refractivity contribution in [3.05, 3.63) is 64.5 Å². The molecule has 0 saturated heterocycles. The van der Waals surface area contributed by atoms with Crippen molar-refractivity contribution in [3.63, 3.8) is 0 Å². The lowest BCUT2D eigenvalue weighted by Gasteiger charge is -2.33. The third-order valence-corrected chi connectivity index (χ3v) is 4.64. The van der Waals surface area contributed by atoms with Crippen LogP contribution < -0.4 is 16.0 Å². The average molecular weight is 341 g/mol. The second kappa shape index (κ2) is 6.55. The number of benzene rings is 2. The summed E-state index contributed by atoms with van der Waals surface area (Å²) in [4.78, 5) is 25.1. The second-order valence-electron chi connectivity index (χ2n) is 6.30. The molecule has 1 aliphatic heterocycles. The van der Waals surface area contributed by atoms with E-state index in [0.717, 1.165) is 16.7 Å². The van der Waals surface area contributed by atoms with E-state index in [0.29, 0.717) is 24.1 Å². The first kappa shape index (κ1) is 17.0. The van der Waals surface area contributed by atoms with Crippen LogP contribution in [0.2, 0.25) is 0 Å². The zero-order valence-electron chi connectivity index (χ0n) is 14.2. The van der Waals surface area contributed by atoms with Gasteiger partial charge < -0.3 is 16.0 Å². The van der Waals surface area contributed by atoms with Crippen molar-refractivity contribution in [2.24, 2.45) is 5.73 Å². The number of carbonyl (C=O) groups excluding carboxylic acids is 2. The molecule has 5 nitrogen and oxygen atoms in total. The first-order chi connectivity index (χ1) is 11.9. The molecule has 6 heteroatoms. The lowest BCUT2D eigenvalue weighted by Crippen LogP contribution is -2.53. The number of halogens is 1. The van der Waals surface area contributed by atoms with Crippen LogP contribution >= 0.6 is 0 Å². The summed E-state index contributed by atoms with van der Waals surface area (Å²) in [5.41, 5.74) is 9.09. The van der Waals surface area contributed by atoms with Crippen molar-refractivity contribution in [2.45, 2.75) is 25.8 Å². The smallest absolute Gasteiger partial charge is 0.312 e. The highest BCUT2D eigenvalue weighted by atomic mass is 19.1. The van der Waals surface area contributed by atoms with Gasteiger partial charge in [0, 0.05) is 25.5 Å². The third kappa shape index (κ3) is 3.20. The average Bonchev–Trinajstić information content (AvgIpc) is 2.56. The number of hydrogen-bond donors (Lipinski definition) is 2. The van der Waals surface area contributed by atoms with E-state index in [4.69, 9.17) is 5.73 Å². The fourth-order valence-electron chi connectivity index (χ4n) is 3.35. The summed E-state index contributed by atoms with van der Waals surface area (Å²) < 4.78 is 14.6. The van der Waals surface area contributed by atoms with E-state index in [9.17, 15) is 14.0 Å². The highest BCUT2D eigenvalue weighted by Gasteiger charge is 2.33. The van der Waals surface area contributed by atoms with Crippen LogP contribution in [-0.2, 0) is 17.6 Å². The van der Waals surface area contributed by atoms with Gasteiger partial charge >= 0.3 is 6.03 Å². The van der Waals surface area contributed by atoms with E-state index in [1.807, 2.05) is 31.2 Å². The molecule has 1 aliphatic rings. The summed E-state index contributed by atoms with van der Waals surface area (Å²) in [7, 11) is 1.59. The standard InChI is InChI=1S/C19H20FN3O2/c1-11-5-3-4-6-12(11)9-14-15(20)8-7-13-10-16(22-19(21)25)18(24)23(2)17(13)14/h3-8,16H,9-10H2,1-2H3,(H3,21,22,25)/t16-/m1/s1. The Kier molecular flexibility index (Phi) is 4.44. The Labute approximate surface area is 145 Å². The highest BCUT2D eigenvalue weighted by Crippen LogP contribution is 2.34. The van der Waals surface area contributed by atoms with E-state index in [1.165, 1.54) is 11.0 Å². The summed E-state index contributed by atoms with van der Waals surface area (Å²) in [6.45, 7) is 1.98. The van der Waals surface area contributed by atoms with Gasteiger partial charge in [0.2, 0.25) is 5.91 Å². The minimum atomic E-state index is -0.752. The molecule has 0 saturated carbocycles. The molecule has 130 valence electrons. The topological polar surface area (TPSA) is 75.4 Å². The molecular weight excluding hydrogens is 321 g/mol. The number of anilines is 1. The van der Waals surface area contributed by atoms with Crippen LogP contribution in [0.3, 0.4) is 0 Å². The molecule has 3 N–H and O–H groups in total. The molecule has 3 rings (SSSR count). The normalized spacial score (nSPS) is 16.5. The molecule has 1 heterocycles. The summed E-state index contributed by atoms with van der Waals surface area (Å²) in [5.74, 6) is -0.647. The minimum Gasteiger partial charge on any atom is -0.352 e. The minimum absolute atomic E-state index is 0.294. The Morgan fingerprint density at radius 1 is 1.32 bits per heavy atom. The van der Waals surface area contributed by atoms with Gasteiger partial charge in [0.25, 0.3) is 0 Å². The molecule has 0 unspecified atom stereocenters. The lowest BCUT2D eigenvalue weighted by molar-refractivity contribution is -0.120. The van der Waals surface area contributed by atoms with Gasteiger partial charge in [0.15, 0.2) is 0 Å². The number of urea groups is 1. The van der Waals surface area contributed by atoms with E-state index in [1.54, 1.807) is 13.1 Å². The maximum atomic E-state index is 14.6. The van der Waals surface area contributed by atoms with Crippen molar-refractivity contribution in [1.29, 1.82) is 0 Å². The number of aryl methyl sites for hydroxylation is 1. The summed E-state index contributed by atoms with van der Waals surface area (Å²) in [6, 6.07) is 9.37. The summed E-state index contributed by atoms with van der Waals surface area (Å²) in [6.07, 6.45) is 0.690. The maximum Gasteiger partial charge on any atom is 0.312 e. The van der Waals surface area contributed by atoms with Gasteiger partial charge in [-0.3, -0.25) is 4.79 Å². The fourth-order valence-corrected chi connectivity index (χ4v) is 3.35. The van der Waals surface area contributed by atoms with Gasteiger partial charge in [-0.2, -0.15) is 0 Å².